The van der Waals surface area contributed by atoms with Crippen molar-refractivity contribution in [1.29, 1.82) is 0 Å². The van der Waals surface area contributed by atoms with Crippen LogP contribution in [0.1, 0.15) is 54.4 Å². The van der Waals surface area contributed by atoms with Crippen molar-refractivity contribution in [3.8, 4) is 0 Å². The molecule has 0 heterocycles. The summed E-state index contributed by atoms with van der Waals surface area (Å²) in [7, 11) is 0. The lowest BCUT2D eigenvalue weighted by atomic mass is 9.94. The smallest absolute Gasteiger partial charge is 0.407 e. The van der Waals surface area contributed by atoms with E-state index in [4.69, 9.17) is 4.74 Å². The molecule has 0 bridgehead atoms. The van der Waals surface area contributed by atoms with Gasteiger partial charge in [0.15, 0.2) is 0 Å². The second-order valence-corrected chi connectivity index (χ2v) is 7.05. The predicted octanol–water partition coefficient (Wildman–Crippen LogP) is 2.29. The monoisotopic (exact) mass is 288 g/mol. The van der Waals surface area contributed by atoms with Crippen molar-refractivity contribution in [2.45, 2.75) is 65.6 Å². The molecule has 1 amide bonds. The van der Waals surface area contributed by atoms with Crippen molar-refractivity contribution in [2.24, 2.45) is 5.92 Å². The molecule has 1 atom stereocenters. The Hall–Kier alpha value is -0.810. The van der Waals surface area contributed by atoms with E-state index in [2.05, 4.69) is 24.5 Å². The van der Waals surface area contributed by atoms with Crippen LogP contribution in [0.2, 0.25) is 0 Å². The van der Waals surface area contributed by atoms with Gasteiger partial charge in [-0.25, -0.2) is 4.79 Å². The highest BCUT2D eigenvalue weighted by atomic mass is 16.6. The van der Waals surface area contributed by atoms with Crippen LogP contribution >= 0.6 is 0 Å². The lowest BCUT2D eigenvalue weighted by molar-refractivity contribution is 0.0384. The molecule has 1 unspecified atom stereocenters. The average molecular weight is 288 g/mol. The number of amides is 1. The Morgan fingerprint density at radius 3 is 2.30 bits per heavy atom. The minimum absolute atomic E-state index is 0.385. The molecular formula is C15H32N2O3. The number of rotatable bonds is 8. The molecule has 5 heteroatoms. The van der Waals surface area contributed by atoms with E-state index >= 15 is 0 Å². The topological polar surface area (TPSA) is 70.6 Å². The SMILES string of the molecule is CC(C)CC(C)(O)CNCCCNC(=O)OC(C)(C)C. The number of aliphatic hydroxyl groups is 1. The van der Waals surface area contributed by atoms with Crippen LogP contribution in [-0.4, -0.2) is 42.0 Å². The first-order valence-corrected chi connectivity index (χ1v) is 7.42. The normalized spacial score (nSPS) is 15.0. The molecule has 0 radical (unpaired) electrons. The maximum Gasteiger partial charge on any atom is 0.407 e. The van der Waals surface area contributed by atoms with Gasteiger partial charge in [0.2, 0.25) is 0 Å². The second-order valence-electron chi connectivity index (χ2n) is 7.05. The second kappa shape index (κ2) is 8.47. The van der Waals surface area contributed by atoms with Crippen molar-refractivity contribution in [2.75, 3.05) is 19.6 Å². The van der Waals surface area contributed by atoms with E-state index in [-0.39, 0.29) is 6.09 Å². The Morgan fingerprint density at radius 2 is 1.80 bits per heavy atom. The number of carbonyl (C=O) groups is 1. The van der Waals surface area contributed by atoms with E-state index in [1.807, 2.05) is 27.7 Å². The van der Waals surface area contributed by atoms with Crippen LogP contribution < -0.4 is 10.6 Å². The van der Waals surface area contributed by atoms with Gasteiger partial charge in [-0.05, 0) is 53.0 Å². The van der Waals surface area contributed by atoms with Crippen LogP contribution in [0.15, 0.2) is 0 Å². The molecule has 0 aliphatic rings. The first-order chi connectivity index (χ1) is 9.02. The van der Waals surface area contributed by atoms with Crippen molar-refractivity contribution in [3.63, 3.8) is 0 Å². The third-order valence-electron chi connectivity index (χ3n) is 2.55. The summed E-state index contributed by atoms with van der Waals surface area (Å²) in [5.74, 6) is 0.473. The Bertz CT molecular complexity index is 283. The van der Waals surface area contributed by atoms with E-state index < -0.39 is 11.2 Å². The van der Waals surface area contributed by atoms with E-state index in [9.17, 15) is 9.90 Å². The highest BCUT2D eigenvalue weighted by Gasteiger charge is 2.21. The molecule has 0 rings (SSSR count). The molecule has 120 valence electrons. The summed E-state index contributed by atoms with van der Waals surface area (Å²) in [5.41, 5.74) is -1.13. The van der Waals surface area contributed by atoms with Gasteiger partial charge in [-0.1, -0.05) is 13.8 Å². The average Bonchev–Trinajstić information content (AvgIpc) is 2.18. The van der Waals surface area contributed by atoms with Gasteiger partial charge in [0, 0.05) is 13.1 Å². The highest BCUT2D eigenvalue weighted by Crippen LogP contribution is 2.14. The van der Waals surface area contributed by atoms with Crippen LogP contribution in [0.5, 0.6) is 0 Å². The standard InChI is InChI=1S/C15H32N2O3/c1-12(2)10-15(6,19)11-16-8-7-9-17-13(18)20-14(3,4)5/h12,16,19H,7-11H2,1-6H3,(H,17,18). The maximum atomic E-state index is 11.4. The fourth-order valence-electron chi connectivity index (χ4n) is 2.03. The van der Waals surface area contributed by atoms with Gasteiger partial charge in [-0.2, -0.15) is 0 Å². The Labute approximate surface area is 123 Å². The fraction of sp³-hybridized carbons (Fsp3) is 0.933. The molecule has 0 aliphatic heterocycles. The predicted molar refractivity (Wildman–Crippen MR) is 81.8 cm³/mol. The number of alkyl carbamates (subject to hydrolysis) is 1. The van der Waals surface area contributed by atoms with Gasteiger partial charge >= 0.3 is 6.09 Å². The lowest BCUT2D eigenvalue weighted by Crippen LogP contribution is -2.40. The van der Waals surface area contributed by atoms with Crippen molar-refractivity contribution in [3.05, 3.63) is 0 Å². The summed E-state index contributed by atoms with van der Waals surface area (Å²) < 4.78 is 5.13. The van der Waals surface area contributed by atoms with Crippen molar-refractivity contribution < 1.29 is 14.6 Å². The van der Waals surface area contributed by atoms with Gasteiger partial charge < -0.3 is 20.5 Å². The van der Waals surface area contributed by atoms with Crippen LogP contribution in [0.3, 0.4) is 0 Å². The summed E-state index contributed by atoms with van der Waals surface area (Å²) >= 11 is 0. The summed E-state index contributed by atoms with van der Waals surface area (Å²) in [6.45, 7) is 13.4. The molecule has 0 aromatic rings. The minimum atomic E-state index is -0.674. The molecule has 0 saturated carbocycles. The van der Waals surface area contributed by atoms with E-state index in [0.717, 1.165) is 19.4 Å². The number of hydrogen-bond acceptors (Lipinski definition) is 4. The molecule has 0 aromatic carbocycles. The first-order valence-electron chi connectivity index (χ1n) is 7.42. The molecule has 3 N–H and O–H groups in total. The molecule has 0 saturated heterocycles. The molecule has 0 fully saturated rings. The zero-order chi connectivity index (χ0) is 15.8. The van der Waals surface area contributed by atoms with E-state index in [1.165, 1.54) is 0 Å². The lowest BCUT2D eigenvalue weighted by Gasteiger charge is -2.25. The molecule has 0 spiro atoms. The number of nitrogens with one attached hydrogen (secondary N) is 2. The number of ether oxygens (including phenoxy) is 1. The van der Waals surface area contributed by atoms with Crippen molar-refractivity contribution >= 4 is 6.09 Å². The van der Waals surface area contributed by atoms with Crippen LogP contribution in [0, 0.1) is 5.92 Å². The van der Waals surface area contributed by atoms with E-state index in [1.54, 1.807) is 0 Å². The summed E-state index contributed by atoms with van der Waals surface area (Å²) in [6, 6.07) is 0. The highest BCUT2D eigenvalue weighted by molar-refractivity contribution is 5.67. The van der Waals surface area contributed by atoms with Crippen LogP contribution in [-0.2, 0) is 4.74 Å². The summed E-state index contributed by atoms with van der Waals surface area (Å²) in [5, 5.41) is 16.0. The first kappa shape index (κ1) is 19.2. The molecular weight excluding hydrogens is 256 g/mol. The summed E-state index contributed by atoms with van der Waals surface area (Å²) in [4.78, 5) is 11.4. The van der Waals surface area contributed by atoms with Crippen LogP contribution in [0.25, 0.3) is 0 Å². The van der Waals surface area contributed by atoms with Gasteiger partial charge in [-0.15, -0.1) is 0 Å². The Kier molecular flexibility index (Phi) is 8.13. The fourth-order valence-corrected chi connectivity index (χ4v) is 2.03. The third kappa shape index (κ3) is 12.2. The van der Waals surface area contributed by atoms with Crippen LogP contribution in [0.4, 0.5) is 4.79 Å². The Morgan fingerprint density at radius 1 is 1.20 bits per heavy atom. The van der Waals surface area contributed by atoms with E-state index in [0.29, 0.717) is 19.0 Å². The molecule has 5 nitrogen and oxygen atoms in total. The molecule has 0 aromatic heterocycles. The van der Waals surface area contributed by atoms with Gasteiger partial charge in [0.1, 0.15) is 5.60 Å². The summed E-state index contributed by atoms with van der Waals surface area (Å²) in [6.07, 6.45) is 1.19. The van der Waals surface area contributed by atoms with Gasteiger partial charge in [0.05, 0.1) is 5.60 Å². The number of hydrogen-bond donors (Lipinski definition) is 3. The minimum Gasteiger partial charge on any atom is -0.444 e. The molecule has 20 heavy (non-hydrogen) atoms. The van der Waals surface area contributed by atoms with Gasteiger partial charge in [-0.3, -0.25) is 0 Å². The number of carbonyl (C=O) groups excluding carboxylic acids is 1. The third-order valence-corrected chi connectivity index (χ3v) is 2.55. The largest absolute Gasteiger partial charge is 0.444 e. The molecule has 0 aliphatic carbocycles. The Balaban J connectivity index is 3.61. The zero-order valence-corrected chi connectivity index (χ0v) is 13.9. The quantitative estimate of drug-likeness (QED) is 0.599. The van der Waals surface area contributed by atoms with Crippen molar-refractivity contribution in [1.82, 2.24) is 10.6 Å². The zero-order valence-electron chi connectivity index (χ0n) is 13.9. The van der Waals surface area contributed by atoms with Gasteiger partial charge in [0.25, 0.3) is 0 Å². The maximum absolute atomic E-state index is 11.4.